The summed E-state index contributed by atoms with van der Waals surface area (Å²) >= 11 is 0. The Morgan fingerprint density at radius 1 is 1.31 bits per heavy atom. The summed E-state index contributed by atoms with van der Waals surface area (Å²) in [4.78, 5) is 10.5. The number of nitrogens with one attached hydrogen (secondary N) is 1. The van der Waals surface area contributed by atoms with Gasteiger partial charge in [0.05, 0.1) is 11.3 Å². The van der Waals surface area contributed by atoms with E-state index in [2.05, 4.69) is 5.32 Å². The van der Waals surface area contributed by atoms with Crippen LogP contribution < -0.4 is 10.5 Å². The van der Waals surface area contributed by atoms with Gasteiger partial charge in [0.1, 0.15) is 0 Å². The third-order valence-electron chi connectivity index (χ3n) is 1.85. The molecule has 0 heterocycles. The molecule has 1 rings (SSSR count). The molecular formula is C9H12N2O4S. The second-order valence-corrected chi connectivity index (χ2v) is 4.91. The molecule has 0 aliphatic heterocycles. The molecule has 0 aliphatic rings. The standard InChI is InChI=1S/C9H12N2O4S/c10-16(14,15)6-5-11-8-3-1-7(2-4-8)9(12)13/h1-4,11H,5-6H2,(H,12,13)(H2,10,14,15). The van der Waals surface area contributed by atoms with Crippen molar-refractivity contribution in [1.82, 2.24) is 0 Å². The van der Waals surface area contributed by atoms with Crippen molar-refractivity contribution >= 4 is 21.7 Å². The molecule has 88 valence electrons. The second kappa shape index (κ2) is 4.95. The van der Waals surface area contributed by atoms with Gasteiger partial charge in [0.2, 0.25) is 10.0 Å². The van der Waals surface area contributed by atoms with E-state index in [4.69, 9.17) is 10.2 Å². The molecule has 0 spiro atoms. The number of carboxylic acids is 1. The lowest BCUT2D eigenvalue weighted by atomic mass is 10.2. The Morgan fingerprint density at radius 2 is 1.88 bits per heavy atom. The molecule has 0 unspecified atom stereocenters. The van der Waals surface area contributed by atoms with Crippen LogP contribution in [0, 0.1) is 0 Å². The fraction of sp³-hybridized carbons (Fsp3) is 0.222. The van der Waals surface area contributed by atoms with Gasteiger partial charge in [0.25, 0.3) is 0 Å². The van der Waals surface area contributed by atoms with Gasteiger partial charge in [-0.25, -0.2) is 18.4 Å². The summed E-state index contributed by atoms with van der Waals surface area (Å²) in [6.45, 7) is 0.186. The van der Waals surface area contributed by atoms with Crippen molar-refractivity contribution in [2.75, 3.05) is 17.6 Å². The monoisotopic (exact) mass is 244 g/mol. The van der Waals surface area contributed by atoms with Crippen LogP contribution in [0.3, 0.4) is 0 Å². The lowest BCUT2D eigenvalue weighted by molar-refractivity contribution is 0.0697. The fourth-order valence-corrected chi connectivity index (χ4v) is 1.45. The van der Waals surface area contributed by atoms with Crippen molar-refractivity contribution in [2.45, 2.75) is 0 Å². The van der Waals surface area contributed by atoms with Crippen molar-refractivity contribution in [3.8, 4) is 0 Å². The zero-order valence-corrected chi connectivity index (χ0v) is 9.20. The maximum absolute atomic E-state index is 10.6. The summed E-state index contributed by atoms with van der Waals surface area (Å²) in [5.74, 6) is -1.18. The molecule has 1 aromatic rings. The van der Waals surface area contributed by atoms with Crippen molar-refractivity contribution < 1.29 is 18.3 Å². The normalized spacial score (nSPS) is 11.1. The topological polar surface area (TPSA) is 109 Å². The lowest BCUT2D eigenvalue weighted by Gasteiger charge is -2.05. The molecule has 0 radical (unpaired) electrons. The number of hydrogen-bond acceptors (Lipinski definition) is 4. The second-order valence-electron chi connectivity index (χ2n) is 3.18. The summed E-state index contributed by atoms with van der Waals surface area (Å²) in [7, 11) is -3.47. The molecule has 0 atom stereocenters. The summed E-state index contributed by atoms with van der Waals surface area (Å²) in [6, 6.07) is 5.99. The van der Waals surface area contributed by atoms with Crippen molar-refractivity contribution in [1.29, 1.82) is 0 Å². The Morgan fingerprint density at radius 3 is 2.31 bits per heavy atom. The zero-order valence-electron chi connectivity index (χ0n) is 8.38. The van der Waals surface area contributed by atoms with Crippen LogP contribution in [0.5, 0.6) is 0 Å². The van der Waals surface area contributed by atoms with E-state index >= 15 is 0 Å². The van der Waals surface area contributed by atoms with Crippen LogP contribution in [0.4, 0.5) is 5.69 Å². The predicted molar refractivity (Wildman–Crippen MR) is 59.9 cm³/mol. The molecule has 0 aliphatic carbocycles. The fourth-order valence-electron chi connectivity index (χ4n) is 1.07. The number of carbonyl (C=O) groups is 1. The zero-order chi connectivity index (χ0) is 12.2. The quantitative estimate of drug-likeness (QED) is 0.679. The smallest absolute Gasteiger partial charge is 0.335 e. The Bertz CT molecular complexity index is 467. The third-order valence-corrected chi connectivity index (χ3v) is 2.62. The Balaban J connectivity index is 2.53. The highest BCUT2D eigenvalue weighted by atomic mass is 32.2. The maximum Gasteiger partial charge on any atom is 0.335 e. The number of benzene rings is 1. The summed E-state index contributed by atoms with van der Waals surface area (Å²) in [6.07, 6.45) is 0. The largest absolute Gasteiger partial charge is 0.478 e. The average Bonchev–Trinajstić information content (AvgIpc) is 2.16. The van der Waals surface area contributed by atoms with Crippen LogP contribution in [0.25, 0.3) is 0 Å². The first-order valence-corrected chi connectivity index (χ1v) is 6.18. The molecule has 0 fully saturated rings. The SMILES string of the molecule is NS(=O)(=O)CCNc1ccc(C(=O)O)cc1. The molecule has 4 N–H and O–H groups in total. The molecule has 0 saturated carbocycles. The summed E-state index contributed by atoms with van der Waals surface area (Å²) in [5, 5.41) is 16.3. The van der Waals surface area contributed by atoms with E-state index in [1.807, 2.05) is 0 Å². The third kappa shape index (κ3) is 4.28. The van der Waals surface area contributed by atoms with Gasteiger partial charge in [-0.3, -0.25) is 0 Å². The number of sulfonamides is 1. The van der Waals surface area contributed by atoms with E-state index in [1.54, 1.807) is 12.1 Å². The maximum atomic E-state index is 10.6. The van der Waals surface area contributed by atoms with E-state index in [9.17, 15) is 13.2 Å². The number of nitrogens with two attached hydrogens (primary N) is 1. The van der Waals surface area contributed by atoms with Gasteiger partial charge < -0.3 is 10.4 Å². The van der Waals surface area contributed by atoms with Crippen molar-refractivity contribution in [3.05, 3.63) is 29.8 Å². The van der Waals surface area contributed by atoms with E-state index in [-0.39, 0.29) is 17.9 Å². The summed E-state index contributed by atoms with van der Waals surface area (Å²) in [5.41, 5.74) is 0.825. The number of hydrogen-bond donors (Lipinski definition) is 3. The highest BCUT2D eigenvalue weighted by molar-refractivity contribution is 7.89. The molecule has 1 aromatic carbocycles. The highest BCUT2D eigenvalue weighted by Gasteiger charge is 2.03. The van der Waals surface area contributed by atoms with Gasteiger partial charge in [0.15, 0.2) is 0 Å². The van der Waals surface area contributed by atoms with Crippen molar-refractivity contribution in [2.24, 2.45) is 5.14 Å². The Labute approximate surface area is 93.1 Å². The van der Waals surface area contributed by atoms with Gasteiger partial charge >= 0.3 is 5.97 Å². The first kappa shape index (κ1) is 12.5. The Hall–Kier alpha value is -1.60. The van der Waals surface area contributed by atoms with E-state index < -0.39 is 16.0 Å². The molecule has 0 bridgehead atoms. The van der Waals surface area contributed by atoms with E-state index in [0.717, 1.165) is 0 Å². The van der Waals surface area contributed by atoms with E-state index in [1.165, 1.54) is 12.1 Å². The minimum Gasteiger partial charge on any atom is -0.478 e. The molecule has 7 heteroatoms. The minimum absolute atomic E-state index is 0.173. The molecular weight excluding hydrogens is 232 g/mol. The predicted octanol–water partition coefficient (Wildman–Crippen LogP) is 0.0852. The molecule has 6 nitrogen and oxygen atoms in total. The first-order chi connectivity index (χ1) is 7.38. The van der Waals surface area contributed by atoms with Crippen LogP contribution in [0.1, 0.15) is 10.4 Å². The summed E-state index contributed by atoms with van der Waals surface area (Å²) < 4.78 is 21.2. The molecule has 16 heavy (non-hydrogen) atoms. The van der Waals surface area contributed by atoms with Gasteiger partial charge in [-0.15, -0.1) is 0 Å². The van der Waals surface area contributed by atoms with Crippen molar-refractivity contribution in [3.63, 3.8) is 0 Å². The van der Waals surface area contributed by atoms with Gasteiger partial charge in [-0.05, 0) is 24.3 Å². The molecule has 0 aromatic heterocycles. The number of anilines is 1. The van der Waals surface area contributed by atoms with Crippen LogP contribution >= 0.6 is 0 Å². The van der Waals surface area contributed by atoms with Crippen LogP contribution in [-0.2, 0) is 10.0 Å². The van der Waals surface area contributed by atoms with Gasteiger partial charge in [-0.1, -0.05) is 0 Å². The number of rotatable bonds is 5. The van der Waals surface area contributed by atoms with Gasteiger partial charge in [-0.2, -0.15) is 0 Å². The lowest BCUT2D eigenvalue weighted by Crippen LogP contribution is -2.22. The van der Waals surface area contributed by atoms with Crippen LogP contribution in [0.15, 0.2) is 24.3 Å². The van der Waals surface area contributed by atoms with Crippen LogP contribution in [-0.4, -0.2) is 31.8 Å². The molecule has 0 amide bonds. The molecule has 0 saturated heterocycles. The minimum atomic E-state index is -3.47. The number of aromatic carboxylic acids is 1. The first-order valence-electron chi connectivity index (χ1n) is 4.46. The van der Waals surface area contributed by atoms with Crippen LogP contribution in [0.2, 0.25) is 0 Å². The number of primary sulfonamides is 1. The average molecular weight is 244 g/mol. The van der Waals surface area contributed by atoms with Gasteiger partial charge in [0, 0.05) is 12.2 Å². The Kier molecular flexibility index (Phi) is 3.86. The number of carboxylic acid groups (broad SMARTS) is 1. The van der Waals surface area contributed by atoms with E-state index in [0.29, 0.717) is 5.69 Å². The highest BCUT2D eigenvalue weighted by Crippen LogP contribution is 2.08.